The maximum absolute atomic E-state index is 11.3. The summed E-state index contributed by atoms with van der Waals surface area (Å²) in [4.78, 5) is 13.0. The molecule has 1 fully saturated rings. The third kappa shape index (κ3) is 3.18. The van der Waals surface area contributed by atoms with Gasteiger partial charge in [-0.25, -0.2) is 0 Å². The number of hydrogen-bond donors (Lipinski definition) is 1. The second kappa shape index (κ2) is 6.43. The van der Waals surface area contributed by atoms with Crippen molar-refractivity contribution in [1.29, 1.82) is 0 Å². The zero-order valence-corrected chi connectivity index (χ0v) is 12.8. The summed E-state index contributed by atoms with van der Waals surface area (Å²) in [5, 5.41) is 20.4. The highest BCUT2D eigenvalue weighted by Crippen LogP contribution is 2.40. The zero-order valence-electron chi connectivity index (χ0n) is 12.8. The van der Waals surface area contributed by atoms with Crippen LogP contribution in [0.1, 0.15) is 45.1 Å². The Balaban J connectivity index is 2.22. The Kier molecular flexibility index (Phi) is 4.83. The maximum Gasteiger partial charge on any atom is 0.292 e. The Bertz CT molecular complexity index is 502. The monoisotopic (exact) mass is 292 g/mol. The van der Waals surface area contributed by atoms with Crippen molar-refractivity contribution in [3.63, 3.8) is 0 Å². The second-order valence-electron chi connectivity index (χ2n) is 5.93. The number of aliphatic hydroxyl groups excluding tert-OH is 1. The van der Waals surface area contributed by atoms with Gasteiger partial charge >= 0.3 is 0 Å². The minimum atomic E-state index is -0.351. The molecule has 0 atom stereocenters. The number of benzene rings is 1. The first-order valence-electron chi connectivity index (χ1n) is 7.68. The minimum Gasteiger partial charge on any atom is -0.392 e. The van der Waals surface area contributed by atoms with Gasteiger partial charge in [-0.3, -0.25) is 10.1 Å². The summed E-state index contributed by atoms with van der Waals surface area (Å²) in [7, 11) is 0. The average molecular weight is 292 g/mol. The van der Waals surface area contributed by atoms with Crippen LogP contribution in [0.2, 0.25) is 0 Å². The second-order valence-corrected chi connectivity index (χ2v) is 5.93. The standard InChI is InChI=1S/C16H24N2O3/c1-3-16(4-2)7-9-17(10-8-16)14-6-5-13(12-19)11-15(14)18(20)21/h5-6,11,19H,3-4,7-10,12H2,1-2H3. The summed E-state index contributed by atoms with van der Waals surface area (Å²) < 4.78 is 0. The van der Waals surface area contributed by atoms with Crippen molar-refractivity contribution in [3.05, 3.63) is 33.9 Å². The normalized spacial score (nSPS) is 17.8. The molecule has 0 saturated carbocycles. The fourth-order valence-corrected chi connectivity index (χ4v) is 3.26. The van der Waals surface area contributed by atoms with Gasteiger partial charge in [0, 0.05) is 19.2 Å². The molecule has 0 radical (unpaired) electrons. The van der Waals surface area contributed by atoms with Gasteiger partial charge < -0.3 is 10.0 Å². The van der Waals surface area contributed by atoms with E-state index < -0.39 is 0 Å². The summed E-state index contributed by atoms with van der Waals surface area (Å²) in [6.07, 6.45) is 4.50. The largest absolute Gasteiger partial charge is 0.392 e. The van der Waals surface area contributed by atoms with E-state index in [-0.39, 0.29) is 17.2 Å². The number of hydrogen-bond acceptors (Lipinski definition) is 4. The molecule has 1 aliphatic rings. The van der Waals surface area contributed by atoms with E-state index in [4.69, 9.17) is 5.11 Å². The molecule has 0 bridgehead atoms. The van der Waals surface area contributed by atoms with E-state index >= 15 is 0 Å². The molecule has 21 heavy (non-hydrogen) atoms. The molecule has 5 nitrogen and oxygen atoms in total. The molecule has 1 saturated heterocycles. The molecule has 1 heterocycles. The molecule has 5 heteroatoms. The van der Waals surface area contributed by atoms with Gasteiger partial charge in [0.05, 0.1) is 11.5 Å². The first-order chi connectivity index (χ1) is 10.0. The zero-order chi connectivity index (χ0) is 15.5. The van der Waals surface area contributed by atoms with Crippen LogP contribution in [0.3, 0.4) is 0 Å². The Morgan fingerprint density at radius 3 is 2.38 bits per heavy atom. The number of anilines is 1. The number of nitro groups is 1. The number of rotatable bonds is 5. The smallest absolute Gasteiger partial charge is 0.292 e. The van der Waals surface area contributed by atoms with Crippen LogP contribution < -0.4 is 4.90 Å². The molecule has 1 aliphatic heterocycles. The lowest BCUT2D eigenvalue weighted by Gasteiger charge is -2.41. The predicted molar refractivity (Wildman–Crippen MR) is 83.5 cm³/mol. The van der Waals surface area contributed by atoms with Gasteiger partial charge in [-0.1, -0.05) is 32.8 Å². The molecular weight excluding hydrogens is 268 g/mol. The van der Waals surface area contributed by atoms with Crippen LogP contribution in [-0.4, -0.2) is 23.1 Å². The van der Waals surface area contributed by atoms with Crippen molar-refractivity contribution in [1.82, 2.24) is 0 Å². The van der Waals surface area contributed by atoms with E-state index in [1.165, 1.54) is 18.9 Å². The molecule has 0 aliphatic carbocycles. The molecular formula is C16H24N2O3. The Labute approximate surface area is 125 Å². The molecule has 0 unspecified atom stereocenters. The summed E-state index contributed by atoms with van der Waals surface area (Å²) in [5.41, 5.74) is 1.76. The molecule has 1 N–H and O–H groups in total. The van der Waals surface area contributed by atoms with Gasteiger partial charge in [0.2, 0.25) is 0 Å². The van der Waals surface area contributed by atoms with Crippen molar-refractivity contribution < 1.29 is 10.0 Å². The van der Waals surface area contributed by atoms with Crippen LogP contribution in [0.15, 0.2) is 18.2 Å². The van der Waals surface area contributed by atoms with Crippen LogP contribution in [0.4, 0.5) is 11.4 Å². The number of aliphatic hydroxyl groups is 1. The van der Waals surface area contributed by atoms with Gasteiger partial charge in [-0.15, -0.1) is 0 Å². The van der Waals surface area contributed by atoms with Gasteiger partial charge in [-0.2, -0.15) is 0 Å². The lowest BCUT2D eigenvalue weighted by Crippen LogP contribution is -2.39. The number of piperidine rings is 1. The molecule has 1 aromatic rings. The van der Waals surface area contributed by atoms with E-state index in [0.29, 0.717) is 16.7 Å². The summed E-state index contributed by atoms with van der Waals surface area (Å²) in [6.45, 7) is 6.02. The van der Waals surface area contributed by atoms with E-state index in [0.717, 1.165) is 25.9 Å². The average Bonchev–Trinajstić information content (AvgIpc) is 2.54. The maximum atomic E-state index is 11.3. The fourth-order valence-electron chi connectivity index (χ4n) is 3.26. The SMILES string of the molecule is CCC1(CC)CCN(c2ccc(CO)cc2[N+](=O)[O-])CC1. The van der Waals surface area contributed by atoms with Crippen LogP contribution >= 0.6 is 0 Å². The predicted octanol–water partition coefficient (Wildman–Crippen LogP) is 3.49. The van der Waals surface area contributed by atoms with E-state index in [1.54, 1.807) is 12.1 Å². The molecule has 1 aromatic carbocycles. The van der Waals surface area contributed by atoms with Crippen LogP contribution in [-0.2, 0) is 6.61 Å². The van der Waals surface area contributed by atoms with Crippen molar-refractivity contribution in [2.45, 2.75) is 46.1 Å². The third-order valence-electron chi connectivity index (χ3n) is 5.08. The van der Waals surface area contributed by atoms with Crippen LogP contribution in [0.5, 0.6) is 0 Å². The molecule has 2 rings (SSSR count). The molecule has 116 valence electrons. The van der Waals surface area contributed by atoms with Gasteiger partial charge in [0.25, 0.3) is 5.69 Å². The van der Waals surface area contributed by atoms with Gasteiger partial charge in [0.1, 0.15) is 5.69 Å². The Morgan fingerprint density at radius 2 is 1.90 bits per heavy atom. The lowest BCUT2D eigenvalue weighted by atomic mass is 9.74. The third-order valence-corrected chi connectivity index (χ3v) is 5.08. The van der Waals surface area contributed by atoms with Crippen LogP contribution in [0.25, 0.3) is 0 Å². The highest BCUT2D eigenvalue weighted by atomic mass is 16.6. The van der Waals surface area contributed by atoms with Gasteiger partial charge in [-0.05, 0) is 29.9 Å². The van der Waals surface area contributed by atoms with E-state index in [9.17, 15) is 10.1 Å². The van der Waals surface area contributed by atoms with Crippen molar-refractivity contribution in [2.24, 2.45) is 5.41 Å². The number of nitro benzene ring substituents is 1. The first-order valence-corrected chi connectivity index (χ1v) is 7.68. The minimum absolute atomic E-state index is 0.0991. The highest BCUT2D eigenvalue weighted by Gasteiger charge is 2.33. The summed E-state index contributed by atoms with van der Waals surface area (Å²) in [5.74, 6) is 0. The van der Waals surface area contributed by atoms with E-state index in [1.807, 2.05) is 0 Å². The number of nitrogens with zero attached hydrogens (tertiary/aromatic N) is 2. The highest BCUT2D eigenvalue weighted by molar-refractivity contribution is 5.64. The molecule has 0 amide bonds. The van der Waals surface area contributed by atoms with Crippen molar-refractivity contribution in [3.8, 4) is 0 Å². The molecule has 0 spiro atoms. The van der Waals surface area contributed by atoms with Crippen molar-refractivity contribution in [2.75, 3.05) is 18.0 Å². The fraction of sp³-hybridized carbons (Fsp3) is 0.625. The van der Waals surface area contributed by atoms with E-state index in [2.05, 4.69) is 18.7 Å². The summed E-state index contributed by atoms with van der Waals surface area (Å²) in [6, 6.07) is 5.02. The quantitative estimate of drug-likeness (QED) is 0.666. The Hall–Kier alpha value is -1.62. The lowest BCUT2D eigenvalue weighted by molar-refractivity contribution is -0.384. The molecule has 0 aromatic heterocycles. The Morgan fingerprint density at radius 1 is 1.29 bits per heavy atom. The van der Waals surface area contributed by atoms with Gasteiger partial charge in [0.15, 0.2) is 0 Å². The van der Waals surface area contributed by atoms with Crippen LogP contribution in [0, 0.1) is 15.5 Å². The summed E-state index contributed by atoms with van der Waals surface area (Å²) >= 11 is 0. The topological polar surface area (TPSA) is 66.6 Å². The van der Waals surface area contributed by atoms with Crippen molar-refractivity contribution >= 4 is 11.4 Å². The first kappa shape index (κ1) is 15.8.